The van der Waals surface area contributed by atoms with E-state index in [1.165, 1.54) is 11.3 Å². The first-order valence-electron chi connectivity index (χ1n) is 4.37. The second kappa shape index (κ2) is 3.13. The van der Waals surface area contributed by atoms with Crippen LogP contribution in [0.3, 0.4) is 0 Å². The van der Waals surface area contributed by atoms with Gasteiger partial charge in [-0.1, -0.05) is 6.08 Å². The predicted octanol–water partition coefficient (Wildman–Crippen LogP) is 2.20. The van der Waals surface area contributed by atoms with E-state index in [1.807, 2.05) is 6.07 Å². The van der Waals surface area contributed by atoms with Gasteiger partial charge in [0, 0.05) is 18.9 Å². The predicted molar refractivity (Wildman–Crippen MR) is 54.2 cm³/mol. The van der Waals surface area contributed by atoms with Gasteiger partial charge in [-0.25, -0.2) is 0 Å². The van der Waals surface area contributed by atoms with Gasteiger partial charge >= 0.3 is 0 Å². The highest BCUT2D eigenvalue weighted by atomic mass is 16.5. The summed E-state index contributed by atoms with van der Waals surface area (Å²) < 4.78 is 5.17. The maximum Gasteiger partial charge on any atom is 0.119 e. The number of allylic oxidation sites excluding steroid dienone is 1. The third kappa shape index (κ3) is 1.39. The quantitative estimate of drug-likeness (QED) is 0.648. The molecule has 2 nitrogen and oxygen atoms in total. The van der Waals surface area contributed by atoms with Crippen molar-refractivity contribution in [2.45, 2.75) is 6.42 Å². The molecule has 0 saturated heterocycles. The third-order valence-corrected chi connectivity index (χ3v) is 2.33. The van der Waals surface area contributed by atoms with Crippen LogP contribution in [-0.2, 0) is 6.42 Å². The first kappa shape index (κ1) is 8.17. The summed E-state index contributed by atoms with van der Waals surface area (Å²) in [5.74, 6) is 0.933. The second-order valence-electron chi connectivity index (χ2n) is 3.19. The Morgan fingerprint density at radius 3 is 3.00 bits per heavy atom. The highest BCUT2D eigenvalue weighted by Gasteiger charge is 2.09. The van der Waals surface area contributed by atoms with Crippen LogP contribution < -0.4 is 9.64 Å². The Labute approximate surface area is 78.4 Å². The van der Waals surface area contributed by atoms with Gasteiger partial charge in [0.2, 0.25) is 0 Å². The Hall–Kier alpha value is -1.44. The molecule has 68 valence electrons. The summed E-state index contributed by atoms with van der Waals surface area (Å²) in [6, 6.07) is 6.18. The maximum atomic E-state index is 5.17. The Kier molecular flexibility index (Phi) is 1.97. The van der Waals surface area contributed by atoms with Gasteiger partial charge in [0.05, 0.1) is 7.11 Å². The Morgan fingerprint density at radius 1 is 1.38 bits per heavy atom. The SMILES string of the molecule is COc1ccc2c(c1)CC=CN2C. The second-order valence-corrected chi connectivity index (χ2v) is 3.19. The number of methoxy groups -OCH3 is 1. The van der Waals surface area contributed by atoms with E-state index in [2.05, 4.69) is 36.4 Å². The standard InChI is InChI=1S/C11H13NO/c1-12-7-3-4-9-8-10(13-2)5-6-11(9)12/h3,5-8H,4H2,1-2H3. The summed E-state index contributed by atoms with van der Waals surface area (Å²) in [4.78, 5) is 2.12. The van der Waals surface area contributed by atoms with Crippen molar-refractivity contribution in [2.75, 3.05) is 19.1 Å². The van der Waals surface area contributed by atoms with E-state index in [4.69, 9.17) is 4.74 Å². The van der Waals surface area contributed by atoms with E-state index in [0.717, 1.165) is 12.2 Å². The van der Waals surface area contributed by atoms with Crippen molar-refractivity contribution in [3.63, 3.8) is 0 Å². The largest absolute Gasteiger partial charge is 0.497 e. The zero-order valence-corrected chi connectivity index (χ0v) is 7.95. The molecule has 1 aromatic carbocycles. The number of hydrogen-bond acceptors (Lipinski definition) is 2. The molecule has 0 aliphatic carbocycles. The van der Waals surface area contributed by atoms with Crippen molar-refractivity contribution in [1.29, 1.82) is 0 Å². The third-order valence-electron chi connectivity index (χ3n) is 2.33. The lowest BCUT2D eigenvalue weighted by atomic mass is 10.1. The average Bonchev–Trinajstić information content (AvgIpc) is 2.18. The van der Waals surface area contributed by atoms with E-state index in [9.17, 15) is 0 Å². The van der Waals surface area contributed by atoms with Gasteiger partial charge in [-0.05, 0) is 30.2 Å². The summed E-state index contributed by atoms with van der Waals surface area (Å²) in [5, 5.41) is 0. The maximum absolute atomic E-state index is 5.17. The lowest BCUT2D eigenvalue weighted by Gasteiger charge is -2.22. The van der Waals surface area contributed by atoms with E-state index >= 15 is 0 Å². The minimum Gasteiger partial charge on any atom is -0.497 e. The van der Waals surface area contributed by atoms with Crippen LogP contribution in [0.5, 0.6) is 5.75 Å². The molecule has 1 aliphatic heterocycles. The van der Waals surface area contributed by atoms with Gasteiger partial charge in [-0.3, -0.25) is 0 Å². The van der Waals surface area contributed by atoms with Crippen molar-refractivity contribution in [1.82, 2.24) is 0 Å². The van der Waals surface area contributed by atoms with Crippen LogP contribution in [0.1, 0.15) is 5.56 Å². The molecule has 1 aliphatic rings. The number of nitrogens with zero attached hydrogens (tertiary/aromatic N) is 1. The Bertz CT molecular complexity index is 344. The molecule has 13 heavy (non-hydrogen) atoms. The summed E-state index contributed by atoms with van der Waals surface area (Å²) in [6.45, 7) is 0. The van der Waals surface area contributed by atoms with Gasteiger partial charge in [0.15, 0.2) is 0 Å². The number of benzene rings is 1. The number of fused-ring (bicyclic) bond motifs is 1. The van der Waals surface area contributed by atoms with Crippen molar-refractivity contribution in [3.8, 4) is 5.75 Å². The molecule has 0 spiro atoms. The molecule has 0 radical (unpaired) electrons. The Balaban J connectivity index is 2.43. The van der Waals surface area contributed by atoms with Crippen LogP contribution in [-0.4, -0.2) is 14.2 Å². The molecule has 0 saturated carbocycles. The highest BCUT2D eigenvalue weighted by Crippen LogP contribution is 2.28. The highest BCUT2D eigenvalue weighted by molar-refractivity contribution is 5.60. The van der Waals surface area contributed by atoms with Gasteiger partial charge in [-0.2, -0.15) is 0 Å². The smallest absolute Gasteiger partial charge is 0.119 e. The molecule has 0 amide bonds. The van der Waals surface area contributed by atoms with E-state index in [1.54, 1.807) is 7.11 Å². The minimum atomic E-state index is 0.933. The lowest BCUT2D eigenvalue weighted by molar-refractivity contribution is 0.414. The molecule has 0 fully saturated rings. The zero-order chi connectivity index (χ0) is 9.26. The van der Waals surface area contributed by atoms with Crippen LogP contribution in [0.4, 0.5) is 5.69 Å². The average molecular weight is 175 g/mol. The monoisotopic (exact) mass is 175 g/mol. The van der Waals surface area contributed by atoms with Crippen LogP contribution >= 0.6 is 0 Å². The zero-order valence-electron chi connectivity index (χ0n) is 7.95. The first-order valence-corrected chi connectivity index (χ1v) is 4.37. The normalized spacial score (nSPS) is 14.2. The molecule has 0 N–H and O–H groups in total. The molecular weight excluding hydrogens is 162 g/mol. The molecule has 2 heteroatoms. The van der Waals surface area contributed by atoms with Crippen molar-refractivity contribution in [2.24, 2.45) is 0 Å². The van der Waals surface area contributed by atoms with Gasteiger partial charge in [0.25, 0.3) is 0 Å². The fourth-order valence-corrected chi connectivity index (χ4v) is 1.61. The number of anilines is 1. The molecule has 0 bridgehead atoms. The van der Waals surface area contributed by atoms with Crippen LogP contribution in [0, 0.1) is 0 Å². The molecule has 0 aromatic heterocycles. The van der Waals surface area contributed by atoms with Crippen molar-refractivity contribution in [3.05, 3.63) is 36.0 Å². The van der Waals surface area contributed by atoms with E-state index in [-0.39, 0.29) is 0 Å². The summed E-state index contributed by atoms with van der Waals surface area (Å²) in [7, 11) is 3.76. The lowest BCUT2D eigenvalue weighted by Crippen LogP contribution is -2.13. The molecule has 0 atom stereocenters. The number of rotatable bonds is 1. The van der Waals surface area contributed by atoms with Crippen LogP contribution in [0.25, 0.3) is 0 Å². The fraction of sp³-hybridized carbons (Fsp3) is 0.273. The van der Waals surface area contributed by atoms with Gasteiger partial charge in [-0.15, -0.1) is 0 Å². The summed E-state index contributed by atoms with van der Waals surface area (Å²) >= 11 is 0. The van der Waals surface area contributed by atoms with Crippen molar-refractivity contribution < 1.29 is 4.74 Å². The Morgan fingerprint density at radius 2 is 2.23 bits per heavy atom. The van der Waals surface area contributed by atoms with Crippen molar-refractivity contribution >= 4 is 5.69 Å². The molecule has 1 heterocycles. The van der Waals surface area contributed by atoms with Gasteiger partial charge in [0.1, 0.15) is 5.75 Å². The summed E-state index contributed by atoms with van der Waals surface area (Å²) in [6.07, 6.45) is 5.24. The molecule has 1 aromatic rings. The molecular formula is C11H13NO. The summed E-state index contributed by atoms with van der Waals surface area (Å²) in [5.41, 5.74) is 2.59. The topological polar surface area (TPSA) is 12.5 Å². The van der Waals surface area contributed by atoms with Gasteiger partial charge < -0.3 is 9.64 Å². The van der Waals surface area contributed by atoms with E-state index in [0.29, 0.717) is 0 Å². The molecule has 2 rings (SSSR count). The molecule has 0 unspecified atom stereocenters. The first-order chi connectivity index (χ1) is 6.31. The fourth-order valence-electron chi connectivity index (χ4n) is 1.61. The number of ether oxygens (including phenoxy) is 1. The number of hydrogen-bond donors (Lipinski definition) is 0. The van der Waals surface area contributed by atoms with E-state index < -0.39 is 0 Å². The van der Waals surface area contributed by atoms with Crippen LogP contribution in [0.2, 0.25) is 0 Å². The van der Waals surface area contributed by atoms with Crippen LogP contribution in [0.15, 0.2) is 30.5 Å². The minimum absolute atomic E-state index is 0.933.